The van der Waals surface area contributed by atoms with Crippen LogP contribution in [0.4, 0.5) is 13.2 Å². The number of carbonyl (C=O) groups excluding carboxylic acids is 1. The van der Waals surface area contributed by atoms with Gasteiger partial charge < -0.3 is 10.0 Å². The number of nitrogens with zero attached hydrogens (tertiary/aromatic N) is 1. The fourth-order valence-electron chi connectivity index (χ4n) is 3.33. The van der Waals surface area contributed by atoms with Crippen molar-refractivity contribution >= 4 is 34.7 Å². The normalized spacial score (nSPS) is 19.7. The quantitative estimate of drug-likeness (QED) is 0.507. The summed E-state index contributed by atoms with van der Waals surface area (Å²) in [6.45, 7) is 1.77. The van der Waals surface area contributed by atoms with Crippen LogP contribution in [-0.2, 0) is 22.3 Å². The van der Waals surface area contributed by atoms with E-state index in [1.54, 1.807) is 18.2 Å². The molecule has 2 unspecified atom stereocenters. The van der Waals surface area contributed by atoms with Gasteiger partial charge in [-0.3, -0.25) is 9.18 Å². The van der Waals surface area contributed by atoms with Crippen molar-refractivity contribution in [2.45, 2.75) is 25.9 Å². The smallest absolute Gasteiger partial charge is 0.249 e. The highest BCUT2D eigenvalue weighted by Crippen LogP contribution is 2.25. The summed E-state index contributed by atoms with van der Waals surface area (Å²) in [5.74, 6) is -1.84. The van der Waals surface area contributed by atoms with Gasteiger partial charge in [0.2, 0.25) is 5.91 Å². The zero-order chi connectivity index (χ0) is 24.7. The maximum absolute atomic E-state index is 13.9. The number of rotatable bonds is 6. The number of benzene rings is 1. The van der Waals surface area contributed by atoms with Crippen molar-refractivity contribution in [3.8, 4) is 0 Å². The third kappa shape index (κ3) is 6.16. The number of carbonyl (C=O) groups is 1. The van der Waals surface area contributed by atoms with E-state index in [1.165, 1.54) is 18.2 Å². The molecule has 4 rings (SSSR count). The van der Waals surface area contributed by atoms with Crippen LogP contribution in [0.2, 0.25) is 0 Å². The van der Waals surface area contributed by atoms with Crippen molar-refractivity contribution in [3.05, 3.63) is 93.6 Å². The monoisotopic (exact) mass is 508 g/mol. The Balaban J connectivity index is 0.00000158. The molecule has 0 saturated heterocycles. The van der Waals surface area contributed by atoms with Crippen molar-refractivity contribution in [1.29, 1.82) is 0 Å². The predicted molar refractivity (Wildman–Crippen MR) is 130 cm³/mol. The summed E-state index contributed by atoms with van der Waals surface area (Å²) in [4.78, 5) is 13.5. The minimum atomic E-state index is -1.63. The van der Waals surface area contributed by atoms with E-state index in [9.17, 15) is 22.2 Å². The number of fused-ring (bicyclic) bond motifs is 1. The van der Waals surface area contributed by atoms with Crippen LogP contribution in [0.15, 0.2) is 80.8 Å². The van der Waals surface area contributed by atoms with E-state index >= 15 is 0 Å². The molecule has 1 amide bonds. The number of amides is 1. The molecular weight excluding hydrogens is 485 g/mol. The Bertz CT molecular complexity index is 1170. The first-order valence-corrected chi connectivity index (χ1v) is 12.1. The Morgan fingerprint density at radius 2 is 2.09 bits per heavy atom. The van der Waals surface area contributed by atoms with Crippen molar-refractivity contribution in [2.24, 2.45) is 4.40 Å². The molecule has 0 fully saturated rings. The number of hydrogen-bond donors (Lipinski definition) is 3. The molecule has 34 heavy (non-hydrogen) atoms. The number of alkyl halides is 1. The first-order valence-electron chi connectivity index (χ1n) is 10.2. The first-order chi connectivity index (χ1) is 16.4. The Hall–Kier alpha value is -2.89. The fourth-order valence-corrected chi connectivity index (χ4v) is 5.18. The van der Waals surface area contributed by atoms with Crippen LogP contribution in [-0.4, -0.2) is 29.0 Å². The van der Waals surface area contributed by atoms with Crippen LogP contribution >= 0.6 is 12.1 Å². The average Bonchev–Trinajstić information content (AvgIpc) is 3.23. The molecule has 2 aliphatic carbocycles. The maximum atomic E-state index is 13.9. The Labute approximate surface area is 202 Å². The molecular formula is C23H23F3N4O2S2. The van der Waals surface area contributed by atoms with Gasteiger partial charge in [0.05, 0.1) is 41.7 Å². The van der Waals surface area contributed by atoms with Crippen LogP contribution in [0.3, 0.4) is 0 Å². The number of halogens is 3. The third-order valence-corrected chi connectivity index (χ3v) is 6.82. The molecule has 11 heteroatoms. The lowest BCUT2D eigenvalue weighted by molar-refractivity contribution is -0.117. The van der Waals surface area contributed by atoms with E-state index in [4.69, 9.17) is 0 Å². The summed E-state index contributed by atoms with van der Waals surface area (Å²) in [6, 6.07) is 2.93. The lowest BCUT2D eigenvalue weighted by Crippen LogP contribution is -2.36. The first kappa shape index (κ1) is 25.7. The van der Waals surface area contributed by atoms with Crippen LogP contribution in [0.25, 0.3) is 0 Å². The highest BCUT2D eigenvalue weighted by molar-refractivity contribution is 7.96. The Kier molecular flexibility index (Phi) is 9.08. The molecule has 1 aromatic rings. The number of hydrogen-bond acceptors (Lipinski definition) is 5. The van der Waals surface area contributed by atoms with Crippen molar-refractivity contribution < 1.29 is 22.2 Å². The van der Waals surface area contributed by atoms with Crippen molar-refractivity contribution in [2.75, 3.05) is 7.18 Å². The molecule has 1 aromatic carbocycles. The molecule has 6 nitrogen and oxygen atoms in total. The molecule has 0 aromatic heterocycles. The summed E-state index contributed by atoms with van der Waals surface area (Å²) in [5, 5.41) is 2.67. The molecule has 2 atom stereocenters. The van der Waals surface area contributed by atoms with Gasteiger partial charge in [-0.15, -0.1) is 0 Å². The zero-order valence-corrected chi connectivity index (χ0v) is 20.0. The highest BCUT2D eigenvalue weighted by Gasteiger charge is 2.30. The van der Waals surface area contributed by atoms with E-state index in [2.05, 4.69) is 19.2 Å². The van der Waals surface area contributed by atoms with Gasteiger partial charge in [-0.1, -0.05) is 24.3 Å². The van der Waals surface area contributed by atoms with Crippen LogP contribution in [0, 0.1) is 11.6 Å². The summed E-state index contributed by atoms with van der Waals surface area (Å²) in [5.41, 5.74) is 2.62. The van der Waals surface area contributed by atoms with Gasteiger partial charge in [0.25, 0.3) is 0 Å². The minimum Gasteiger partial charge on any atom is -0.348 e. The van der Waals surface area contributed by atoms with Gasteiger partial charge in [-0.05, 0) is 43.2 Å². The molecule has 0 bridgehead atoms. The standard InChI is InChI=1S/C22H20F2N4O2S2.CH3F/c1-13-4-2-5-16(22(29)25-12-14-8-9-15(23)11-17(14)24)19(10-13)28-32(30)20-7-3-6-18-21(20)27-31-26-18;1-2/h2-4,6-11,21,27-28H,5,12H2,1H3,(H,25,29);1H3. The van der Waals surface area contributed by atoms with Crippen LogP contribution in [0.1, 0.15) is 18.9 Å². The second kappa shape index (κ2) is 12.0. The number of nitrogens with one attached hydrogen (secondary N) is 3. The molecule has 0 radical (unpaired) electrons. The average molecular weight is 509 g/mol. The molecule has 1 heterocycles. The van der Waals surface area contributed by atoms with Crippen molar-refractivity contribution in [3.63, 3.8) is 0 Å². The second-order valence-corrected chi connectivity index (χ2v) is 9.08. The van der Waals surface area contributed by atoms with Gasteiger partial charge in [0, 0.05) is 23.7 Å². The van der Waals surface area contributed by atoms with E-state index in [0.29, 0.717) is 29.8 Å². The molecule has 0 spiro atoms. The summed E-state index contributed by atoms with van der Waals surface area (Å²) in [6.07, 6.45) is 11.1. The Morgan fingerprint density at radius 1 is 1.29 bits per heavy atom. The van der Waals surface area contributed by atoms with Crippen LogP contribution in [0.5, 0.6) is 0 Å². The summed E-state index contributed by atoms with van der Waals surface area (Å²) in [7, 11) is -1.13. The fraction of sp³-hybridized carbons (Fsp3) is 0.217. The molecule has 180 valence electrons. The van der Waals surface area contributed by atoms with E-state index < -0.39 is 28.5 Å². The number of allylic oxidation sites excluding steroid dienone is 6. The molecule has 3 N–H and O–H groups in total. The van der Waals surface area contributed by atoms with E-state index in [-0.39, 0.29) is 18.2 Å². The van der Waals surface area contributed by atoms with Crippen molar-refractivity contribution in [1.82, 2.24) is 14.8 Å². The largest absolute Gasteiger partial charge is 0.348 e. The topological polar surface area (TPSA) is 82.6 Å². The lowest BCUT2D eigenvalue weighted by Gasteiger charge is -2.19. The van der Waals surface area contributed by atoms with E-state index in [0.717, 1.165) is 23.4 Å². The van der Waals surface area contributed by atoms with Gasteiger partial charge >= 0.3 is 0 Å². The molecule has 1 aliphatic heterocycles. The van der Waals surface area contributed by atoms with Gasteiger partial charge in [-0.25, -0.2) is 22.1 Å². The zero-order valence-electron chi connectivity index (χ0n) is 18.4. The molecule has 0 saturated carbocycles. The Morgan fingerprint density at radius 3 is 2.85 bits per heavy atom. The predicted octanol–water partition coefficient (Wildman–Crippen LogP) is 4.01. The maximum Gasteiger partial charge on any atom is 0.249 e. The third-order valence-electron chi connectivity index (χ3n) is 4.97. The van der Waals surface area contributed by atoms with Gasteiger partial charge in [0.1, 0.15) is 22.6 Å². The van der Waals surface area contributed by atoms with Crippen LogP contribution < -0.4 is 14.8 Å². The summed E-state index contributed by atoms with van der Waals surface area (Å²) < 4.78 is 60.0. The SMILES string of the molecule is CC1=CC(NS(=O)C2=CC=CC3=NSNC23)=C(C(=O)NCc2ccc(F)cc2F)CC=C1.CF. The van der Waals surface area contributed by atoms with E-state index in [1.807, 2.05) is 25.2 Å². The summed E-state index contributed by atoms with van der Waals surface area (Å²) >= 11 is 1.19. The van der Waals surface area contributed by atoms with Gasteiger partial charge in [-0.2, -0.15) is 0 Å². The second-order valence-electron chi connectivity index (χ2n) is 7.26. The minimum absolute atomic E-state index is 0.101. The lowest BCUT2D eigenvalue weighted by atomic mass is 10.1. The highest BCUT2D eigenvalue weighted by atomic mass is 32.2. The van der Waals surface area contributed by atoms with Gasteiger partial charge in [0.15, 0.2) is 0 Å². The molecule has 3 aliphatic rings.